The quantitative estimate of drug-likeness (QED) is 0.651. The molecule has 1 amide bonds. The van der Waals surface area contributed by atoms with Crippen LogP contribution in [0.2, 0.25) is 5.02 Å². The van der Waals surface area contributed by atoms with Crippen molar-refractivity contribution >= 4 is 34.6 Å². The van der Waals surface area contributed by atoms with Gasteiger partial charge in [-0.1, -0.05) is 11.6 Å². The first-order valence-electron chi connectivity index (χ1n) is 7.67. The van der Waals surface area contributed by atoms with Gasteiger partial charge in [-0.25, -0.2) is 8.78 Å². The Kier molecular flexibility index (Phi) is 5.14. The topological polar surface area (TPSA) is 54.0 Å². The molecule has 0 aliphatic rings. The zero-order valence-corrected chi connectivity index (χ0v) is 14.4. The number of aryl methyl sites for hydroxylation is 1. The third kappa shape index (κ3) is 4.15. The molecule has 0 aliphatic heterocycles. The number of hydrogen-bond donors (Lipinski definition) is 2. The molecule has 0 radical (unpaired) electrons. The van der Waals surface area contributed by atoms with Crippen LogP contribution in [0.1, 0.15) is 15.9 Å². The molecular formula is C19H14ClF2N3O. The van der Waals surface area contributed by atoms with E-state index in [1.807, 2.05) is 19.1 Å². The Balaban J connectivity index is 1.79. The molecule has 2 aromatic carbocycles. The molecule has 3 aromatic rings. The van der Waals surface area contributed by atoms with Crippen molar-refractivity contribution in [3.8, 4) is 0 Å². The van der Waals surface area contributed by atoms with Gasteiger partial charge in [0, 0.05) is 23.0 Å². The summed E-state index contributed by atoms with van der Waals surface area (Å²) in [6.07, 6.45) is 2.92. The number of anilines is 3. The third-order valence-corrected chi connectivity index (χ3v) is 3.88. The van der Waals surface area contributed by atoms with Gasteiger partial charge in [-0.2, -0.15) is 0 Å². The maximum Gasteiger partial charge on any atom is 0.257 e. The van der Waals surface area contributed by atoms with E-state index in [0.29, 0.717) is 16.8 Å². The van der Waals surface area contributed by atoms with Crippen LogP contribution in [-0.2, 0) is 0 Å². The number of carbonyl (C=O) groups is 1. The summed E-state index contributed by atoms with van der Waals surface area (Å²) < 4.78 is 26.6. The molecule has 0 bridgehead atoms. The minimum atomic E-state index is -0.850. The van der Waals surface area contributed by atoms with Crippen LogP contribution in [0.4, 0.5) is 25.8 Å². The third-order valence-electron chi connectivity index (χ3n) is 3.65. The van der Waals surface area contributed by atoms with E-state index in [-0.39, 0.29) is 11.3 Å². The van der Waals surface area contributed by atoms with E-state index in [0.717, 1.165) is 23.4 Å². The molecule has 0 spiro atoms. The first kappa shape index (κ1) is 17.8. The van der Waals surface area contributed by atoms with Crippen LogP contribution in [0.15, 0.2) is 54.9 Å². The van der Waals surface area contributed by atoms with Crippen molar-refractivity contribution in [3.05, 3.63) is 82.6 Å². The highest BCUT2D eigenvalue weighted by atomic mass is 35.5. The fourth-order valence-electron chi connectivity index (χ4n) is 2.34. The number of nitrogens with one attached hydrogen (secondary N) is 2. The van der Waals surface area contributed by atoms with Gasteiger partial charge < -0.3 is 10.6 Å². The van der Waals surface area contributed by atoms with Crippen LogP contribution in [0, 0.1) is 18.6 Å². The van der Waals surface area contributed by atoms with Crippen LogP contribution in [0.25, 0.3) is 0 Å². The monoisotopic (exact) mass is 373 g/mol. The lowest BCUT2D eigenvalue weighted by Gasteiger charge is -2.11. The van der Waals surface area contributed by atoms with E-state index in [4.69, 9.17) is 11.6 Å². The molecule has 1 heterocycles. The summed E-state index contributed by atoms with van der Waals surface area (Å²) in [5.74, 6) is -2.12. The van der Waals surface area contributed by atoms with Gasteiger partial charge in [-0.3, -0.25) is 9.78 Å². The highest BCUT2D eigenvalue weighted by Crippen LogP contribution is 2.24. The Morgan fingerprint density at radius 2 is 1.81 bits per heavy atom. The lowest BCUT2D eigenvalue weighted by Crippen LogP contribution is -2.13. The molecule has 132 valence electrons. The lowest BCUT2D eigenvalue weighted by molar-refractivity contribution is 0.102. The Hall–Kier alpha value is -2.99. The molecule has 1 aromatic heterocycles. The van der Waals surface area contributed by atoms with Crippen molar-refractivity contribution in [2.45, 2.75) is 6.92 Å². The van der Waals surface area contributed by atoms with Gasteiger partial charge in [-0.15, -0.1) is 0 Å². The van der Waals surface area contributed by atoms with Gasteiger partial charge in [0.2, 0.25) is 0 Å². The summed E-state index contributed by atoms with van der Waals surface area (Å²) in [4.78, 5) is 16.3. The lowest BCUT2D eigenvalue weighted by atomic mass is 10.2. The number of carbonyl (C=O) groups excluding carboxylic acids is 1. The van der Waals surface area contributed by atoms with Crippen LogP contribution in [-0.4, -0.2) is 10.9 Å². The second-order valence-electron chi connectivity index (χ2n) is 5.62. The van der Waals surface area contributed by atoms with Crippen molar-refractivity contribution in [3.63, 3.8) is 0 Å². The van der Waals surface area contributed by atoms with E-state index in [9.17, 15) is 13.6 Å². The Labute approximate surface area is 153 Å². The van der Waals surface area contributed by atoms with Crippen molar-refractivity contribution in [2.75, 3.05) is 10.6 Å². The van der Waals surface area contributed by atoms with Gasteiger partial charge in [0.25, 0.3) is 5.91 Å². The summed E-state index contributed by atoms with van der Waals surface area (Å²) in [5.41, 5.74) is 2.45. The number of aromatic nitrogens is 1. The van der Waals surface area contributed by atoms with Gasteiger partial charge in [0.05, 0.1) is 23.1 Å². The molecule has 7 heteroatoms. The zero-order chi connectivity index (χ0) is 18.7. The van der Waals surface area contributed by atoms with E-state index in [1.165, 1.54) is 6.20 Å². The molecule has 0 atom stereocenters. The number of pyridine rings is 1. The molecule has 3 rings (SSSR count). The van der Waals surface area contributed by atoms with Gasteiger partial charge in [0.1, 0.15) is 11.6 Å². The molecule has 26 heavy (non-hydrogen) atoms. The minimum Gasteiger partial charge on any atom is -0.354 e. The molecule has 0 unspecified atom stereocenters. The summed E-state index contributed by atoms with van der Waals surface area (Å²) in [5, 5.41) is 6.18. The van der Waals surface area contributed by atoms with E-state index < -0.39 is 17.5 Å². The van der Waals surface area contributed by atoms with Gasteiger partial charge in [-0.05, 0) is 48.9 Å². The van der Waals surface area contributed by atoms with Gasteiger partial charge >= 0.3 is 0 Å². The largest absolute Gasteiger partial charge is 0.354 e. The molecule has 0 fully saturated rings. The van der Waals surface area contributed by atoms with E-state index in [1.54, 1.807) is 18.3 Å². The number of amides is 1. The highest BCUT2D eigenvalue weighted by molar-refractivity contribution is 6.30. The van der Waals surface area contributed by atoms with Crippen LogP contribution < -0.4 is 10.6 Å². The predicted molar refractivity (Wildman–Crippen MR) is 98.0 cm³/mol. The van der Waals surface area contributed by atoms with Crippen LogP contribution >= 0.6 is 11.6 Å². The number of rotatable bonds is 4. The highest BCUT2D eigenvalue weighted by Gasteiger charge is 2.11. The summed E-state index contributed by atoms with van der Waals surface area (Å²) in [6, 6.07) is 9.89. The fraction of sp³-hybridized carbons (Fsp3) is 0.0526. The van der Waals surface area contributed by atoms with Crippen molar-refractivity contribution in [1.29, 1.82) is 0 Å². The molecule has 4 nitrogen and oxygen atoms in total. The molecule has 2 N–H and O–H groups in total. The summed E-state index contributed by atoms with van der Waals surface area (Å²) in [6.45, 7) is 1.90. The second-order valence-corrected chi connectivity index (χ2v) is 6.06. The van der Waals surface area contributed by atoms with Crippen molar-refractivity contribution in [2.24, 2.45) is 0 Å². The Bertz CT molecular complexity index is 979. The first-order chi connectivity index (χ1) is 12.4. The average molecular weight is 374 g/mol. The number of hydrogen-bond acceptors (Lipinski definition) is 3. The zero-order valence-electron chi connectivity index (χ0n) is 13.7. The second kappa shape index (κ2) is 7.49. The number of halogens is 3. The maximum atomic E-state index is 13.7. The Morgan fingerprint density at radius 3 is 2.54 bits per heavy atom. The number of nitrogens with zero attached hydrogens (tertiary/aromatic N) is 1. The fourth-order valence-corrected chi connectivity index (χ4v) is 2.57. The number of benzene rings is 2. The van der Waals surface area contributed by atoms with E-state index >= 15 is 0 Å². The standard InChI is InChI=1S/C19H14ClF2N3O/c1-11-6-13(20)2-4-17(11)24-15-7-12(9-23-10-15)19(26)25-18-5-3-14(21)8-16(18)22/h2-10,24H,1H3,(H,25,26). The molecule has 0 aliphatic carbocycles. The summed E-state index contributed by atoms with van der Waals surface area (Å²) >= 11 is 5.94. The minimum absolute atomic E-state index is 0.108. The first-order valence-corrected chi connectivity index (χ1v) is 8.05. The smallest absolute Gasteiger partial charge is 0.257 e. The molecular weight excluding hydrogens is 360 g/mol. The molecule has 0 saturated heterocycles. The molecule has 0 saturated carbocycles. The predicted octanol–water partition coefficient (Wildman–Crippen LogP) is 5.32. The van der Waals surface area contributed by atoms with Gasteiger partial charge in [0.15, 0.2) is 0 Å². The van der Waals surface area contributed by atoms with Crippen LogP contribution in [0.3, 0.4) is 0 Å². The Morgan fingerprint density at radius 1 is 1.04 bits per heavy atom. The van der Waals surface area contributed by atoms with E-state index in [2.05, 4.69) is 15.6 Å². The average Bonchev–Trinajstić information content (AvgIpc) is 2.60. The SMILES string of the molecule is Cc1cc(Cl)ccc1Nc1cncc(C(=O)Nc2ccc(F)cc2F)c1. The maximum absolute atomic E-state index is 13.7. The van der Waals surface area contributed by atoms with Crippen molar-refractivity contribution in [1.82, 2.24) is 4.98 Å². The van der Waals surface area contributed by atoms with Crippen molar-refractivity contribution < 1.29 is 13.6 Å². The normalized spacial score (nSPS) is 10.5. The van der Waals surface area contributed by atoms with Crippen LogP contribution in [0.5, 0.6) is 0 Å². The summed E-state index contributed by atoms with van der Waals surface area (Å²) in [7, 11) is 0.